The van der Waals surface area contributed by atoms with Crippen LogP contribution >= 0.6 is 15.9 Å². The highest BCUT2D eigenvalue weighted by Crippen LogP contribution is 2.36. The third kappa shape index (κ3) is 6.33. The van der Waals surface area contributed by atoms with E-state index in [4.69, 9.17) is 9.47 Å². The van der Waals surface area contributed by atoms with Crippen LogP contribution in [0.2, 0.25) is 0 Å². The van der Waals surface area contributed by atoms with Crippen LogP contribution in [0.25, 0.3) is 0 Å². The molecule has 3 rings (SSSR count). The van der Waals surface area contributed by atoms with E-state index in [9.17, 15) is 19.5 Å². The van der Waals surface area contributed by atoms with Crippen LogP contribution in [0.15, 0.2) is 70.4 Å². The molecule has 8 nitrogen and oxygen atoms in total. The smallest absolute Gasteiger partial charge is 0.345 e. The van der Waals surface area contributed by atoms with Crippen LogP contribution in [0.3, 0.4) is 0 Å². The Bertz CT molecular complexity index is 1220. The fourth-order valence-corrected chi connectivity index (χ4v) is 3.05. The van der Waals surface area contributed by atoms with Gasteiger partial charge >= 0.3 is 17.9 Å². The number of pyridine rings is 1. The van der Waals surface area contributed by atoms with E-state index >= 15 is 0 Å². The lowest BCUT2D eigenvalue weighted by Gasteiger charge is -2.15. The second kappa shape index (κ2) is 10.6. The van der Waals surface area contributed by atoms with Crippen molar-refractivity contribution in [3.8, 4) is 11.5 Å². The molecule has 0 amide bonds. The Kier molecular flexibility index (Phi) is 7.68. The predicted octanol–water partition coefficient (Wildman–Crippen LogP) is 5.07. The number of aliphatic imine (C=N–C) groups is 1. The molecule has 1 heterocycles. The van der Waals surface area contributed by atoms with Crippen molar-refractivity contribution in [2.75, 3.05) is 0 Å². The van der Waals surface area contributed by atoms with Crippen LogP contribution in [0, 0.1) is 5.92 Å². The van der Waals surface area contributed by atoms with Gasteiger partial charge in [-0.25, -0.2) is 9.59 Å². The summed E-state index contributed by atoms with van der Waals surface area (Å²) in [5.41, 5.74) is 1.02. The summed E-state index contributed by atoms with van der Waals surface area (Å²) in [4.78, 5) is 44.3. The minimum Gasteiger partial charge on any atom is -0.478 e. The zero-order valence-electron chi connectivity index (χ0n) is 17.7. The maximum absolute atomic E-state index is 12.6. The summed E-state index contributed by atoms with van der Waals surface area (Å²) in [6.07, 6.45) is 4.29. The standard InChI is InChI=1S/C24H19BrN2O6/c1-14(2)23(30)33-21-17(13-27-19-7-3-5-15(10-19)22(28)29)9-18(25)11-20(21)32-24(31)16-6-4-8-26-12-16/h3-14H,1-2H3,(H,28,29). The normalized spacial score (nSPS) is 10.9. The maximum atomic E-state index is 12.6. The molecule has 1 N–H and O–H groups in total. The fraction of sp³-hybridized carbons (Fsp3) is 0.125. The molecule has 0 aliphatic rings. The number of aromatic nitrogens is 1. The summed E-state index contributed by atoms with van der Waals surface area (Å²) in [6.45, 7) is 3.35. The van der Waals surface area contributed by atoms with Gasteiger partial charge in [-0.05, 0) is 42.5 Å². The quantitative estimate of drug-likeness (QED) is 0.268. The van der Waals surface area contributed by atoms with Crippen molar-refractivity contribution in [3.63, 3.8) is 0 Å². The number of hydrogen-bond acceptors (Lipinski definition) is 7. The van der Waals surface area contributed by atoms with Crippen LogP contribution in [0.5, 0.6) is 11.5 Å². The highest BCUT2D eigenvalue weighted by atomic mass is 79.9. The first kappa shape index (κ1) is 23.8. The summed E-state index contributed by atoms with van der Waals surface area (Å²) in [5.74, 6) is -2.71. The number of rotatable bonds is 7. The minimum atomic E-state index is -1.08. The van der Waals surface area contributed by atoms with Crippen molar-refractivity contribution in [1.29, 1.82) is 0 Å². The Morgan fingerprint density at radius 1 is 1.06 bits per heavy atom. The number of benzene rings is 2. The van der Waals surface area contributed by atoms with E-state index in [-0.39, 0.29) is 22.6 Å². The van der Waals surface area contributed by atoms with Gasteiger partial charge in [-0.15, -0.1) is 0 Å². The molecule has 0 aliphatic heterocycles. The molecule has 0 radical (unpaired) electrons. The second-order valence-corrected chi connectivity index (χ2v) is 8.06. The van der Waals surface area contributed by atoms with E-state index in [1.807, 2.05) is 0 Å². The Balaban J connectivity index is 2.03. The van der Waals surface area contributed by atoms with Gasteiger partial charge in [0.15, 0.2) is 11.5 Å². The highest BCUT2D eigenvalue weighted by Gasteiger charge is 2.21. The Morgan fingerprint density at radius 2 is 1.82 bits per heavy atom. The molecule has 168 valence electrons. The summed E-state index contributed by atoms with van der Waals surface area (Å²) < 4.78 is 11.6. The molecule has 1 aromatic heterocycles. The van der Waals surface area contributed by atoms with Crippen molar-refractivity contribution >= 4 is 45.7 Å². The predicted molar refractivity (Wildman–Crippen MR) is 124 cm³/mol. The van der Waals surface area contributed by atoms with E-state index in [0.717, 1.165) is 0 Å². The Morgan fingerprint density at radius 3 is 2.48 bits per heavy atom. The molecule has 0 fully saturated rings. The van der Waals surface area contributed by atoms with Gasteiger partial charge in [0.2, 0.25) is 0 Å². The Labute approximate surface area is 198 Å². The van der Waals surface area contributed by atoms with Gasteiger partial charge in [-0.1, -0.05) is 35.8 Å². The maximum Gasteiger partial charge on any atom is 0.345 e. The number of esters is 2. The van der Waals surface area contributed by atoms with Gasteiger partial charge in [0.25, 0.3) is 0 Å². The van der Waals surface area contributed by atoms with Gasteiger partial charge in [0.05, 0.1) is 22.7 Å². The molecular formula is C24H19BrN2O6. The highest BCUT2D eigenvalue weighted by molar-refractivity contribution is 9.10. The molecule has 0 unspecified atom stereocenters. The number of carbonyl (C=O) groups excluding carboxylic acids is 2. The topological polar surface area (TPSA) is 115 Å². The molecule has 9 heteroatoms. The number of carbonyl (C=O) groups is 3. The molecule has 33 heavy (non-hydrogen) atoms. The van der Waals surface area contributed by atoms with Gasteiger partial charge < -0.3 is 14.6 Å². The average Bonchev–Trinajstić information content (AvgIpc) is 2.80. The third-order valence-electron chi connectivity index (χ3n) is 4.27. The first-order valence-electron chi connectivity index (χ1n) is 9.79. The number of aromatic carboxylic acids is 1. The molecule has 0 aliphatic carbocycles. The summed E-state index contributed by atoms with van der Waals surface area (Å²) >= 11 is 3.36. The van der Waals surface area contributed by atoms with Gasteiger partial charge in [-0.3, -0.25) is 14.8 Å². The molecule has 0 saturated carbocycles. The molecule has 2 aromatic carbocycles. The SMILES string of the molecule is CC(C)C(=O)Oc1c(C=Nc2cccc(C(=O)O)c2)cc(Br)cc1OC(=O)c1cccnc1. The molecule has 0 spiro atoms. The van der Waals surface area contributed by atoms with Gasteiger partial charge in [-0.2, -0.15) is 0 Å². The lowest BCUT2D eigenvalue weighted by Crippen LogP contribution is -2.17. The number of hydrogen-bond donors (Lipinski definition) is 1. The van der Waals surface area contributed by atoms with Crippen LogP contribution in [0.1, 0.15) is 40.1 Å². The van der Waals surface area contributed by atoms with E-state index in [1.54, 1.807) is 44.2 Å². The number of carboxylic acids is 1. The molecule has 0 bridgehead atoms. The largest absolute Gasteiger partial charge is 0.478 e. The van der Waals surface area contributed by atoms with Crippen molar-refractivity contribution < 1.29 is 29.0 Å². The van der Waals surface area contributed by atoms with Crippen molar-refractivity contribution in [2.24, 2.45) is 10.9 Å². The van der Waals surface area contributed by atoms with Crippen LogP contribution in [-0.4, -0.2) is 34.2 Å². The second-order valence-electron chi connectivity index (χ2n) is 7.14. The molecule has 3 aromatic rings. The summed E-state index contributed by atoms with van der Waals surface area (Å²) in [5, 5.41) is 9.17. The van der Waals surface area contributed by atoms with E-state index < -0.39 is 23.8 Å². The first-order chi connectivity index (χ1) is 15.7. The van der Waals surface area contributed by atoms with Crippen molar-refractivity contribution in [3.05, 3.63) is 82.1 Å². The monoisotopic (exact) mass is 510 g/mol. The minimum absolute atomic E-state index is 0.00674. The Hall–Kier alpha value is -3.85. The van der Waals surface area contributed by atoms with Crippen molar-refractivity contribution in [2.45, 2.75) is 13.8 Å². The summed E-state index contributed by atoms with van der Waals surface area (Å²) in [7, 11) is 0. The number of carboxylic acid groups (broad SMARTS) is 1. The summed E-state index contributed by atoms with van der Waals surface area (Å²) in [6, 6.07) is 12.3. The van der Waals surface area contributed by atoms with E-state index in [1.165, 1.54) is 36.8 Å². The average molecular weight is 511 g/mol. The zero-order valence-corrected chi connectivity index (χ0v) is 19.3. The van der Waals surface area contributed by atoms with E-state index in [2.05, 4.69) is 25.9 Å². The molecule has 0 atom stereocenters. The van der Waals surface area contributed by atoms with Gasteiger partial charge in [0.1, 0.15) is 0 Å². The zero-order chi connectivity index (χ0) is 24.0. The lowest BCUT2D eigenvalue weighted by atomic mass is 10.1. The third-order valence-corrected chi connectivity index (χ3v) is 4.73. The van der Waals surface area contributed by atoms with Crippen LogP contribution < -0.4 is 9.47 Å². The first-order valence-corrected chi connectivity index (χ1v) is 10.6. The van der Waals surface area contributed by atoms with Gasteiger partial charge in [0, 0.05) is 28.6 Å². The molecular weight excluding hydrogens is 492 g/mol. The van der Waals surface area contributed by atoms with Crippen LogP contribution in [-0.2, 0) is 4.79 Å². The molecule has 0 saturated heterocycles. The van der Waals surface area contributed by atoms with E-state index in [0.29, 0.717) is 15.7 Å². The fourth-order valence-electron chi connectivity index (χ4n) is 2.59. The number of ether oxygens (including phenoxy) is 2. The van der Waals surface area contributed by atoms with Crippen molar-refractivity contribution in [1.82, 2.24) is 4.98 Å². The lowest BCUT2D eigenvalue weighted by molar-refractivity contribution is -0.137. The number of halogens is 1. The van der Waals surface area contributed by atoms with Crippen LogP contribution in [0.4, 0.5) is 5.69 Å². The number of nitrogens with zero attached hydrogens (tertiary/aromatic N) is 2.